The number of carboxylic acids is 1. The third-order valence-corrected chi connectivity index (χ3v) is 9.21. The predicted molar refractivity (Wildman–Crippen MR) is 143 cm³/mol. The van der Waals surface area contributed by atoms with Crippen molar-refractivity contribution in [2.24, 2.45) is 17.8 Å². The average molecular weight is 521 g/mol. The van der Waals surface area contributed by atoms with Crippen LogP contribution in [0.3, 0.4) is 0 Å². The number of carbonyl (C=O) groups is 2. The number of rotatable bonds is 6. The molecule has 38 heavy (non-hydrogen) atoms. The Labute approximate surface area is 222 Å². The van der Waals surface area contributed by atoms with Gasteiger partial charge in [-0.2, -0.15) is 0 Å². The smallest absolute Gasteiger partial charge is 0.339 e. The van der Waals surface area contributed by atoms with Crippen LogP contribution in [-0.4, -0.2) is 71.5 Å². The van der Waals surface area contributed by atoms with Crippen LogP contribution in [-0.2, 0) is 0 Å². The lowest BCUT2D eigenvalue weighted by atomic mass is 9.52. The molecule has 5 aliphatic rings. The van der Waals surface area contributed by atoms with E-state index >= 15 is 0 Å². The molecule has 2 heterocycles. The summed E-state index contributed by atoms with van der Waals surface area (Å²) in [5.41, 5.74) is 0.975. The molecule has 4 bridgehead atoms. The van der Waals surface area contributed by atoms with Crippen molar-refractivity contribution in [3.63, 3.8) is 0 Å². The molecule has 2 aromatic rings. The largest absolute Gasteiger partial charge is 0.496 e. The zero-order valence-electron chi connectivity index (χ0n) is 22.0. The van der Waals surface area contributed by atoms with E-state index in [4.69, 9.17) is 9.72 Å². The van der Waals surface area contributed by atoms with Crippen LogP contribution in [0.1, 0.15) is 59.9 Å². The highest BCUT2D eigenvalue weighted by Gasteiger charge is 2.55. The maximum absolute atomic E-state index is 13.3. The number of nitrogens with one attached hydrogen (secondary N) is 1. The Morgan fingerprint density at radius 3 is 2.53 bits per heavy atom. The summed E-state index contributed by atoms with van der Waals surface area (Å²) in [6, 6.07) is 11.1. The first-order chi connectivity index (χ1) is 18.2. The molecular weight excluding hydrogens is 484 g/mol. The van der Waals surface area contributed by atoms with E-state index in [1.165, 1.54) is 7.11 Å². The second-order valence-corrected chi connectivity index (χ2v) is 11.8. The minimum absolute atomic E-state index is 0.122. The van der Waals surface area contributed by atoms with E-state index in [0.29, 0.717) is 29.2 Å². The number of aromatic nitrogens is 1. The average Bonchev–Trinajstić information content (AvgIpc) is 2.89. The first-order valence-corrected chi connectivity index (χ1v) is 13.7. The Morgan fingerprint density at radius 1 is 1.11 bits per heavy atom. The molecule has 3 atom stereocenters. The highest BCUT2D eigenvalue weighted by atomic mass is 16.5. The van der Waals surface area contributed by atoms with Crippen molar-refractivity contribution in [1.29, 1.82) is 0 Å². The van der Waals surface area contributed by atoms with E-state index in [2.05, 4.69) is 22.0 Å². The number of amides is 1. The van der Waals surface area contributed by atoms with E-state index in [-0.39, 0.29) is 23.6 Å². The summed E-state index contributed by atoms with van der Waals surface area (Å²) in [7, 11) is 1.48. The molecule has 1 amide bonds. The summed E-state index contributed by atoms with van der Waals surface area (Å²) < 4.78 is 5.30. The van der Waals surface area contributed by atoms with Gasteiger partial charge in [0.25, 0.3) is 5.91 Å². The van der Waals surface area contributed by atoms with Crippen LogP contribution in [0.4, 0.5) is 11.5 Å². The molecule has 9 heteroatoms. The molecule has 1 aromatic carbocycles. The second-order valence-electron chi connectivity index (χ2n) is 11.8. The van der Waals surface area contributed by atoms with Gasteiger partial charge in [-0.1, -0.05) is 6.07 Å². The zero-order chi connectivity index (χ0) is 26.6. The van der Waals surface area contributed by atoms with Gasteiger partial charge in [-0.15, -0.1) is 0 Å². The van der Waals surface area contributed by atoms with Crippen molar-refractivity contribution in [2.45, 2.75) is 56.7 Å². The SMILES string of the molecule is COc1cc(N2CCN(c3cccc(C(=O)N[C@H]4C5CC6CC4C[C@](O)(C6)C5)n3)[C@H](C)C2)ccc1C(=O)O. The molecule has 1 aliphatic heterocycles. The van der Waals surface area contributed by atoms with Crippen molar-refractivity contribution in [2.75, 3.05) is 36.5 Å². The standard InChI is InChI=1S/C29H36N4O5/c1-17-16-32(21-6-7-22(28(35)36)24(12-21)38-2)8-9-33(17)25-5-3-4-23(30-25)27(34)31-26-19-10-18-11-20(26)15-29(37,13-18)14-19/h3-7,12,17-20,26,37H,8-11,13-16H2,1-2H3,(H,31,34)(H,35,36)/t17-,18?,19?,20?,26-,29-/m1/s1. The Hall–Kier alpha value is -3.33. The van der Waals surface area contributed by atoms with Crippen LogP contribution >= 0.6 is 0 Å². The van der Waals surface area contributed by atoms with Crippen molar-refractivity contribution < 1.29 is 24.5 Å². The van der Waals surface area contributed by atoms with Crippen molar-refractivity contribution in [3.05, 3.63) is 47.7 Å². The molecule has 202 valence electrons. The monoisotopic (exact) mass is 520 g/mol. The van der Waals surface area contributed by atoms with Crippen LogP contribution < -0.4 is 19.9 Å². The first-order valence-electron chi connectivity index (χ1n) is 13.7. The van der Waals surface area contributed by atoms with Gasteiger partial charge >= 0.3 is 5.97 Å². The molecule has 9 nitrogen and oxygen atoms in total. The van der Waals surface area contributed by atoms with Crippen LogP contribution in [0.2, 0.25) is 0 Å². The fourth-order valence-electron chi connectivity index (χ4n) is 7.74. The minimum Gasteiger partial charge on any atom is -0.496 e. The summed E-state index contributed by atoms with van der Waals surface area (Å²) in [4.78, 5) is 33.9. The number of carbonyl (C=O) groups excluding carboxylic acids is 1. The number of hydrogen-bond acceptors (Lipinski definition) is 7. The molecule has 1 saturated heterocycles. The van der Waals surface area contributed by atoms with Crippen LogP contribution in [0.5, 0.6) is 5.75 Å². The number of carboxylic acid groups (broad SMARTS) is 1. The number of ether oxygens (including phenoxy) is 1. The van der Waals surface area contributed by atoms with E-state index in [1.54, 1.807) is 18.2 Å². The number of piperazine rings is 1. The van der Waals surface area contributed by atoms with E-state index < -0.39 is 11.6 Å². The highest BCUT2D eigenvalue weighted by Crippen LogP contribution is 2.55. The molecule has 5 fully saturated rings. The number of nitrogens with zero attached hydrogens (tertiary/aromatic N) is 3. The molecule has 4 aliphatic carbocycles. The van der Waals surface area contributed by atoms with Crippen molar-refractivity contribution in [3.8, 4) is 5.75 Å². The number of anilines is 2. The zero-order valence-corrected chi connectivity index (χ0v) is 22.0. The second kappa shape index (κ2) is 9.45. The molecular formula is C29H36N4O5. The molecule has 0 radical (unpaired) electrons. The van der Waals surface area contributed by atoms with E-state index in [0.717, 1.165) is 63.2 Å². The number of aliphatic hydroxyl groups is 1. The number of methoxy groups -OCH3 is 1. The van der Waals surface area contributed by atoms with Gasteiger partial charge in [-0.3, -0.25) is 4.79 Å². The Bertz CT molecular complexity index is 1240. The minimum atomic E-state index is -1.01. The normalized spacial score (nSPS) is 31.8. The van der Waals surface area contributed by atoms with Gasteiger partial charge in [0, 0.05) is 43.5 Å². The van der Waals surface area contributed by atoms with Crippen molar-refractivity contribution >= 4 is 23.4 Å². The summed E-state index contributed by atoms with van der Waals surface area (Å²) in [6.07, 6.45) is 4.72. The fraction of sp³-hybridized carbons (Fsp3) is 0.552. The summed E-state index contributed by atoms with van der Waals surface area (Å²) >= 11 is 0. The molecule has 4 saturated carbocycles. The van der Waals surface area contributed by atoms with Gasteiger partial charge in [-0.05, 0) is 81.0 Å². The topological polar surface area (TPSA) is 115 Å². The predicted octanol–water partition coefficient (Wildman–Crippen LogP) is 3.17. The molecule has 1 aromatic heterocycles. The first kappa shape index (κ1) is 25.0. The van der Waals surface area contributed by atoms with Gasteiger partial charge in [0.1, 0.15) is 22.8 Å². The van der Waals surface area contributed by atoms with Gasteiger partial charge in [0.05, 0.1) is 12.7 Å². The van der Waals surface area contributed by atoms with E-state index in [9.17, 15) is 19.8 Å². The molecule has 3 N–H and O–H groups in total. The Kier molecular flexibility index (Phi) is 6.21. The number of hydrogen-bond donors (Lipinski definition) is 3. The van der Waals surface area contributed by atoms with E-state index in [1.807, 2.05) is 18.2 Å². The van der Waals surface area contributed by atoms with Crippen LogP contribution in [0.15, 0.2) is 36.4 Å². The lowest BCUT2D eigenvalue weighted by Gasteiger charge is -2.58. The molecule has 0 spiro atoms. The highest BCUT2D eigenvalue weighted by molar-refractivity contribution is 5.93. The fourth-order valence-corrected chi connectivity index (χ4v) is 7.74. The summed E-state index contributed by atoms with van der Waals surface area (Å²) in [6.45, 7) is 4.30. The van der Waals surface area contributed by atoms with Gasteiger partial charge in [0.2, 0.25) is 0 Å². The lowest BCUT2D eigenvalue weighted by Crippen LogP contribution is -2.61. The summed E-state index contributed by atoms with van der Waals surface area (Å²) in [5, 5.41) is 23.5. The van der Waals surface area contributed by atoms with Crippen LogP contribution in [0, 0.1) is 17.8 Å². The van der Waals surface area contributed by atoms with Crippen LogP contribution in [0.25, 0.3) is 0 Å². The number of aromatic carboxylic acids is 1. The molecule has 7 rings (SSSR count). The Balaban J connectivity index is 1.12. The Morgan fingerprint density at radius 2 is 1.87 bits per heavy atom. The van der Waals surface area contributed by atoms with Gasteiger partial charge in [0.15, 0.2) is 0 Å². The maximum Gasteiger partial charge on any atom is 0.339 e. The molecule has 2 unspecified atom stereocenters. The third kappa shape index (κ3) is 4.46. The number of pyridine rings is 1. The third-order valence-electron chi connectivity index (χ3n) is 9.21. The van der Waals surface area contributed by atoms with Gasteiger partial charge < -0.3 is 30.1 Å². The van der Waals surface area contributed by atoms with Gasteiger partial charge in [-0.25, -0.2) is 9.78 Å². The maximum atomic E-state index is 13.3. The lowest BCUT2D eigenvalue weighted by molar-refractivity contribution is -0.136. The van der Waals surface area contributed by atoms with Crippen molar-refractivity contribution in [1.82, 2.24) is 10.3 Å². The number of benzene rings is 1. The summed E-state index contributed by atoms with van der Waals surface area (Å²) in [5.74, 6) is 1.30. The quantitative estimate of drug-likeness (QED) is 0.532.